The van der Waals surface area contributed by atoms with Gasteiger partial charge in [0.2, 0.25) is 0 Å². The molecule has 3 N–H and O–H groups in total. The zero-order valence-corrected chi connectivity index (χ0v) is 11.5. The Morgan fingerprint density at radius 3 is 3.05 bits per heavy atom. The maximum Gasteiger partial charge on any atom is 0.146 e. The lowest BCUT2D eigenvalue weighted by molar-refractivity contribution is 0.165. The van der Waals surface area contributed by atoms with E-state index in [0.29, 0.717) is 11.7 Å². The van der Waals surface area contributed by atoms with Gasteiger partial charge in [-0.2, -0.15) is 5.10 Å². The SMILES string of the molecule is Nc1ccc(C[C@@H]2CCCN(Cc3cnc[nH]3)C2)nn1. The van der Waals surface area contributed by atoms with E-state index in [1.54, 1.807) is 6.33 Å². The number of hydrogen-bond acceptors (Lipinski definition) is 5. The van der Waals surface area contributed by atoms with Gasteiger partial charge in [0.1, 0.15) is 5.82 Å². The molecule has 0 aliphatic carbocycles. The predicted molar refractivity (Wildman–Crippen MR) is 76.7 cm³/mol. The molecule has 6 nitrogen and oxygen atoms in total. The number of nitrogens with two attached hydrogens (primary N) is 1. The van der Waals surface area contributed by atoms with E-state index in [1.165, 1.54) is 18.5 Å². The van der Waals surface area contributed by atoms with Gasteiger partial charge in [0.15, 0.2) is 0 Å². The Kier molecular flexibility index (Phi) is 3.92. The second-order valence-electron chi connectivity index (χ2n) is 5.47. The number of hydrogen-bond donors (Lipinski definition) is 2. The Labute approximate surface area is 118 Å². The van der Waals surface area contributed by atoms with Gasteiger partial charge in [0, 0.05) is 25.0 Å². The van der Waals surface area contributed by atoms with Crippen molar-refractivity contribution in [1.82, 2.24) is 25.1 Å². The van der Waals surface area contributed by atoms with Crippen LogP contribution in [0.2, 0.25) is 0 Å². The second-order valence-corrected chi connectivity index (χ2v) is 5.47. The fourth-order valence-corrected chi connectivity index (χ4v) is 2.85. The second kappa shape index (κ2) is 6.00. The molecule has 2 aromatic heterocycles. The molecule has 1 fully saturated rings. The lowest BCUT2D eigenvalue weighted by Crippen LogP contribution is -2.35. The van der Waals surface area contributed by atoms with Crippen LogP contribution in [0.5, 0.6) is 0 Å². The van der Waals surface area contributed by atoms with Crippen LogP contribution in [-0.4, -0.2) is 38.2 Å². The molecule has 106 valence electrons. The van der Waals surface area contributed by atoms with E-state index < -0.39 is 0 Å². The largest absolute Gasteiger partial charge is 0.382 e. The third-order valence-electron chi connectivity index (χ3n) is 3.79. The molecular weight excluding hydrogens is 252 g/mol. The van der Waals surface area contributed by atoms with Crippen molar-refractivity contribution in [2.24, 2.45) is 5.92 Å². The monoisotopic (exact) mass is 272 g/mol. The number of aromatic amines is 1. The van der Waals surface area contributed by atoms with Crippen LogP contribution in [0.3, 0.4) is 0 Å². The molecule has 0 spiro atoms. The van der Waals surface area contributed by atoms with Crippen molar-refractivity contribution in [3.8, 4) is 0 Å². The first kappa shape index (κ1) is 13.1. The first-order valence-electron chi connectivity index (χ1n) is 7.07. The highest BCUT2D eigenvalue weighted by Crippen LogP contribution is 2.21. The molecule has 6 heteroatoms. The molecule has 0 aromatic carbocycles. The first-order valence-corrected chi connectivity index (χ1v) is 7.07. The fraction of sp³-hybridized carbons (Fsp3) is 0.500. The lowest BCUT2D eigenvalue weighted by Gasteiger charge is -2.32. The molecule has 0 saturated carbocycles. The summed E-state index contributed by atoms with van der Waals surface area (Å²) in [6.45, 7) is 3.21. The molecule has 0 amide bonds. The Balaban J connectivity index is 1.56. The highest BCUT2D eigenvalue weighted by atomic mass is 15.2. The summed E-state index contributed by atoms with van der Waals surface area (Å²) >= 11 is 0. The van der Waals surface area contributed by atoms with E-state index >= 15 is 0 Å². The Morgan fingerprint density at radius 2 is 2.30 bits per heavy atom. The molecular formula is C14H20N6. The average Bonchev–Trinajstić information content (AvgIpc) is 2.95. The molecule has 3 rings (SSSR count). The van der Waals surface area contributed by atoms with E-state index in [4.69, 9.17) is 5.73 Å². The van der Waals surface area contributed by atoms with Gasteiger partial charge in [-0.05, 0) is 43.9 Å². The van der Waals surface area contributed by atoms with Crippen LogP contribution in [0.15, 0.2) is 24.7 Å². The van der Waals surface area contributed by atoms with E-state index in [-0.39, 0.29) is 0 Å². The van der Waals surface area contributed by atoms with E-state index in [0.717, 1.165) is 31.7 Å². The van der Waals surface area contributed by atoms with Crippen molar-refractivity contribution in [3.63, 3.8) is 0 Å². The highest BCUT2D eigenvalue weighted by Gasteiger charge is 2.21. The van der Waals surface area contributed by atoms with Gasteiger partial charge in [0.25, 0.3) is 0 Å². The van der Waals surface area contributed by atoms with Gasteiger partial charge >= 0.3 is 0 Å². The summed E-state index contributed by atoms with van der Waals surface area (Å²) in [5.41, 5.74) is 7.78. The number of nitrogen functional groups attached to an aromatic ring is 1. The van der Waals surface area contributed by atoms with Crippen LogP contribution in [0.25, 0.3) is 0 Å². The van der Waals surface area contributed by atoms with Gasteiger partial charge in [-0.3, -0.25) is 4.90 Å². The van der Waals surface area contributed by atoms with Gasteiger partial charge in [-0.15, -0.1) is 5.10 Å². The van der Waals surface area contributed by atoms with Crippen LogP contribution < -0.4 is 5.73 Å². The summed E-state index contributed by atoms with van der Waals surface area (Å²) in [6.07, 6.45) is 7.11. The van der Waals surface area contributed by atoms with E-state index in [2.05, 4.69) is 25.1 Å². The summed E-state index contributed by atoms with van der Waals surface area (Å²) in [7, 11) is 0. The first-order chi connectivity index (χ1) is 9.79. The molecule has 0 bridgehead atoms. The number of likely N-dealkylation sites (tertiary alicyclic amines) is 1. The molecule has 1 saturated heterocycles. The van der Waals surface area contributed by atoms with Crippen LogP contribution in [0.1, 0.15) is 24.2 Å². The van der Waals surface area contributed by atoms with Crippen LogP contribution >= 0.6 is 0 Å². The number of aromatic nitrogens is 4. The number of anilines is 1. The van der Waals surface area contributed by atoms with Crippen LogP contribution in [-0.2, 0) is 13.0 Å². The number of nitrogens with zero attached hydrogens (tertiary/aromatic N) is 4. The van der Waals surface area contributed by atoms with Gasteiger partial charge in [-0.25, -0.2) is 4.98 Å². The minimum absolute atomic E-state index is 0.485. The van der Waals surface area contributed by atoms with Crippen molar-refractivity contribution in [2.45, 2.75) is 25.8 Å². The summed E-state index contributed by atoms with van der Waals surface area (Å²) in [4.78, 5) is 9.72. The number of H-pyrrole nitrogens is 1. The summed E-state index contributed by atoms with van der Waals surface area (Å²) < 4.78 is 0. The summed E-state index contributed by atoms with van der Waals surface area (Å²) in [5, 5.41) is 8.09. The van der Waals surface area contributed by atoms with Crippen molar-refractivity contribution >= 4 is 5.82 Å². The molecule has 1 atom stereocenters. The third-order valence-corrected chi connectivity index (χ3v) is 3.79. The molecule has 0 radical (unpaired) electrons. The van der Waals surface area contributed by atoms with Gasteiger partial charge < -0.3 is 10.7 Å². The smallest absolute Gasteiger partial charge is 0.146 e. The third kappa shape index (κ3) is 3.33. The topological polar surface area (TPSA) is 83.7 Å². The normalized spacial score (nSPS) is 20.1. The van der Waals surface area contributed by atoms with Crippen molar-refractivity contribution < 1.29 is 0 Å². The molecule has 20 heavy (non-hydrogen) atoms. The van der Waals surface area contributed by atoms with Crippen molar-refractivity contribution in [1.29, 1.82) is 0 Å². The molecule has 1 aliphatic heterocycles. The van der Waals surface area contributed by atoms with Crippen molar-refractivity contribution in [2.75, 3.05) is 18.8 Å². The lowest BCUT2D eigenvalue weighted by atomic mass is 9.93. The number of imidazole rings is 1. The van der Waals surface area contributed by atoms with Crippen LogP contribution in [0.4, 0.5) is 5.82 Å². The van der Waals surface area contributed by atoms with E-state index in [9.17, 15) is 0 Å². The molecule has 0 unspecified atom stereocenters. The van der Waals surface area contributed by atoms with Crippen LogP contribution in [0, 0.1) is 5.92 Å². The Hall–Kier alpha value is -1.95. The molecule has 2 aromatic rings. The van der Waals surface area contributed by atoms with Gasteiger partial charge in [0.05, 0.1) is 12.0 Å². The minimum Gasteiger partial charge on any atom is -0.382 e. The Bertz CT molecular complexity index is 521. The quantitative estimate of drug-likeness (QED) is 0.874. The zero-order chi connectivity index (χ0) is 13.8. The van der Waals surface area contributed by atoms with E-state index in [1.807, 2.05) is 18.3 Å². The molecule has 3 heterocycles. The predicted octanol–water partition coefficient (Wildman–Crippen LogP) is 1.24. The zero-order valence-electron chi connectivity index (χ0n) is 11.5. The fourth-order valence-electron chi connectivity index (χ4n) is 2.85. The average molecular weight is 272 g/mol. The Morgan fingerprint density at radius 1 is 1.35 bits per heavy atom. The summed E-state index contributed by atoms with van der Waals surface area (Å²) in [5.74, 6) is 1.13. The maximum atomic E-state index is 5.57. The minimum atomic E-state index is 0.485. The van der Waals surface area contributed by atoms with Crippen molar-refractivity contribution in [3.05, 3.63) is 36.0 Å². The number of nitrogens with one attached hydrogen (secondary N) is 1. The number of rotatable bonds is 4. The molecule has 1 aliphatic rings. The van der Waals surface area contributed by atoms with Gasteiger partial charge in [-0.1, -0.05) is 0 Å². The standard InChI is InChI=1S/C14H20N6/c15-14-4-3-12(18-19-14)6-11-2-1-5-20(8-11)9-13-7-16-10-17-13/h3-4,7,10-11H,1-2,5-6,8-9H2,(H2,15,19)(H,16,17)/t11-/m0/s1. The number of piperidine rings is 1. The maximum absolute atomic E-state index is 5.57. The summed E-state index contributed by atoms with van der Waals surface area (Å²) in [6, 6.07) is 3.81. The highest BCUT2D eigenvalue weighted by molar-refractivity contribution is 5.25.